The number of benzene rings is 1. The van der Waals surface area contributed by atoms with Gasteiger partial charge in [0.15, 0.2) is 10.1 Å². The molecule has 0 saturated carbocycles. The van der Waals surface area contributed by atoms with Gasteiger partial charge in [0, 0.05) is 17.8 Å². The minimum Gasteiger partial charge on any atom is -0.472 e. The molecule has 0 atom stereocenters. The molecular weight excluding hydrogens is 396 g/mol. The predicted molar refractivity (Wildman–Crippen MR) is 107 cm³/mol. The van der Waals surface area contributed by atoms with Gasteiger partial charge in [0.25, 0.3) is 11.8 Å². The Bertz CT molecular complexity index is 1150. The van der Waals surface area contributed by atoms with Gasteiger partial charge in [-0.1, -0.05) is 23.5 Å². The van der Waals surface area contributed by atoms with Crippen molar-refractivity contribution in [3.05, 3.63) is 64.0 Å². The zero-order valence-corrected chi connectivity index (χ0v) is 16.2. The quantitative estimate of drug-likeness (QED) is 0.555. The summed E-state index contributed by atoms with van der Waals surface area (Å²) in [5.74, 6) is -0.327. The second-order valence-corrected chi connectivity index (χ2v) is 8.43. The summed E-state index contributed by atoms with van der Waals surface area (Å²) in [6.45, 7) is 1.06. The molecule has 5 rings (SSSR count). The van der Waals surface area contributed by atoms with Crippen molar-refractivity contribution in [2.75, 3.05) is 11.9 Å². The number of aromatic nitrogens is 2. The van der Waals surface area contributed by atoms with E-state index in [1.807, 2.05) is 24.3 Å². The molecule has 1 aromatic carbocycles. The van der Waals surface area contributed by atoms with Gasteiger partial charge in [0.2, 0.25) is 0 Å². The third-order valence-corrected chi connectivity index (χ3v) is 6.52. The van der Waals surface area contributed by atoms with E-state index in [2.05, 4.69) is 15.3 Å². The van der Waals surface area contributed by atoms with Crippen LogP contribution in [-0.4, -0.2) is 33.2 Å². The lowest BCUT2D eigenvalue weighted by atomic mass is 10.2. The van der Waals surface area contributed by atoms with E-state index < -0.39 is 0 Å². The number of fused-ring (bicyclic) bond motifs is 2. The number of furan rings is 1. The van der Waals surface area contributed by atoms with Crippen LogP contribution in [-0.2, 0) is 13.0 Å². The fourth-order valence-corrected chi connectivity index (χ4v) is 5.04. The SMILES string of the molecule is O=C(Nc1nc2c(s1)CN(C(=O)c1nc3ccccc3s1)CC2)c1ccoc1. The van der Waals surface area contributed by atoms with Gasteiger partial charge in [-0.15, -0.1) is 11.3 Å². The molecule has 28 heavy (non-hydrogen) atoms. The van der Waals surface area contributed by atoms with Gasteiger partial charge in [-0.2, -0.15) is 0 Å². The Hall–Kier alpha value is -3.04. The molecule has 0 radical (unpaired) electrons. The Morgan fingerprint density at radius 1 is 1.14 bits per heavy atom. The van der Waals surface area contributed by atoms with Crippen molar-refractivity contribution in [2.45, 2.75) is 13.0 Å². The van der Waals surface area contributed by atoms with Gasteiger partial charge in [0.1, 0.15) is 6.26 Å². The minimum atomic E-state index is -0.262. The number of rotatable bonds is 3. The molecule has 4 aromatic rings. The van der Waals surface area contributed by atoms with Crippen molar-refractivity contribution in [3.63, 3.8) is 0 Å². The Morgan fingerprint density at radius 3 is 2.86 bits per heavy atom. The third-order valence-electron chi connectivity index (χ3n) is 4.50. The van der Waals surface area contributed by atoms with Crippen molar-refractivity contribution in [1.29, 1.82) is 0 Å². The molecular formula is C19H14N4O3S2. The van der Waals surface area contributed by atoms with E-state index in [0.717, 1.165) is 20.8 Å². The number of nitrogens with one attached hydrogen (secondary N) is 1. The second-order valence-electron chi connectivity index (χ2n) is 6.32. The average Bonchev–Trinajstić information content (AvgIpc) is 3.44. The van der Waals surface area contributed by atoms with Crippen LogP contribution in [0, 0.1) is 0 Å². The highest BCUT2D eigenvalue weighted by Crippen LogP contribution is 2.30. The molecule has 1 N–H and O–H groups in total. The average molecular weight is 410 g/mol. The van der Waals surface area contributed by atoms with Crippen molar-refractivity contribution in [1.82, 2.24) is 14.9 Å². The fraction of sp³-hybridized carbons (Fsp3) is 0.158. The normalized spacial score (nSPS) is 13.5. The molecule has 0 spiro atoms. The van der Waals surface area contributed by atoms with Gasteiger partial charge in [0.05, 0.1) is 34.3 Å². The Kier molecular flexibility index (Phi) is 4.18. The van der Waals surface area contributed by atoms with E-state index >= 15 is 0 Å². The van der Waals surface area contributed by atoms with E-state index in [0.29, 0.717) is 35.2 Å². The smallest absolute Gasteiger partial charge is 0.283 e. The van der Waals surface area contributed by atoms with Gasteiger partial charge >= 0.3 is 0 Å². The molecule has 0 saturated heterocycles. The molecule has 9 heteroatoms. The van der Waals surface area contributed by atoms with E-state index in [4.69, 9.17) is 4.42 Å². The van der Waals surface area contributed by atoms with Crippen LogP contribution in [0.3, 0.4) is 0 Å². The fourth-order valence-electron chi connectivity index (χ4n) is 3.08. The molecule has 3 aromatic heterocycles. The first-order chi connectivity index (χ1) is 13.7. The van der Waals surface area contributed by atoms with E-state index in [1.165, 1.54) is 35.2 Å². The van der Waals surface area contributed by atoms with Crippen LogP contribution < -0.4 is 5.32 Å². The van der Waals surface area contributed by atoms with Crippen LogP contribution in [0.5, 0.6) is 0 Å². The molecule has 0 bridgehead atoms. The minimum absolute atomic E-state index is 0.0655. The first-order valence-electron chi connectivity index (χ1n) is 8.64. The number of hydrogen-bond donors (Lipinski definition) is 1. The number of para-hydroxylation sites is 1. The zero-order chi connectivity index (χ0) is 19.1. The predicted octanol–water partition coefficient (Wildman–Crippen LogP) is 3.80. The summed E-state index contributed by atoms with van der Waals surface area (Å²) in [5, 5.41) is 3.83. The summed E-state index contributed by atoms with van der Waals surface area (Å²) in [4.78, 5) is 36.8. The third kappa shape index (κ3) is 3.08. The van der Waals surface area contributed by atoms with Crippen LogP contribution in [0.2, 0.25) is 0 Å². The van der Waals surface area contributed by atoms with Crippen LogP contribution in [0.25, 0.3) is 10.2 Å². The first kappa shape index (κ1) is 17.1. The molecule has 7 nitrogen and oxygen atoms in total. The molecule has 0 aliphatic carbocycles. The van der Waals surface area contributed by atoms with Crippen molar-refractivity contribution < 1.29 is 14.0 Å². The number of nitrogens with zero attached hydrogens (tertiary/aromatic N) is 3. The van der Waals surface area contributed by atoms with Crippen molar-refractivity contribution >= 4 is 49.8 Å². The Balaban J connectivity index is 1.33. The number of hydrogen-bond acceptors (Lipinski definition) is 7. The summed E-state index contributed by atoms with van der Waals surface area (Å²) < 4.78 is 5.94. The van der Waals surface area contributed by atoms with Gasteiger partial charge in [-0.05, 0) is 18.2 Å². The molecule has 0 fully saturated rings. The number of carbonyl (C=O) groups is 2. The lowest BCUT2D eigenvalue weighted by molar-refractivity contribution is 0.0736. The molecule has 1 aliphatic heterocycles. The molecule has 2 amide bonds. The van der Waals surface area contributed by atoms with E-state index in [1.54, 1.807) is 11.0 Å². The number of thiazole rings is 2. The lowest BCUT2D eigenvalue weighted by Crippen LogP contribution is -2.35. The summed E-state index contributed by atoms with van der Waals surface area (Å²) >= 11 is 2.81. The maximum atomic E-state index is 12.9. The molecule has 4 heterocycles. The maximum absolute atomic E-state index is 12.9. The number of carbonyl (C=O) groups excluding carboxylic acids is 2. The molecule has 1 aliphatic rings. The summed E-state index contributed by atoms with van der Waals surface area (Å²) in [6.07, 6.45) is 3.50. The summed E-state index contributed by atoms with van der Waals surface area (Å²) in [6, 6.07) is 9.34. The second kappa shape index (κ2) is 6.84. The number of anilines is 1. The largest absolute Gasteiger partial charge is 0.472 e. The topological polar surface area (TPSA) is 88.3 Å². The number of amides is 2. The van der Waals surface area contributed by atoms with Gasteiger partial charge in [-0.25, -0.2) is 9.97 Å². The Labute approximate surface area is 167 Å². The van der Waals surface area contributed by atoms with Gasteiger partial charge < -0.3 is 9.32 Å². The highest BCUT2D eigenvalue weighted by atomic mass is 32.1. The standard InChI is InChI=1S/C19H14N4O3S2/c24-16(11-6-8-26-10-11)22-19-21-13-5-7-23(9-15(13)28-19)18(25)17-20-12-3-1-2-4-14(12)27-17/h1-4,6,8,10H,5,7,9H2,(H,21,22,24). The van der Waals surface area contributed by atoms with Gasteiger partial charge in [-0.3, -0.25) is 14.9 Å². The van der Waals surface area contributed by atoms with Crippen LogP contribution in [0.1, 0.15) is 30.7 Å². The van der Waals surface area contributed by atoms with Crippen molar-refractivity contribution in [2.24, 2.45) is 0 Å². The summed E-state index contributed by atoms with van der Waals surface area (Å²) in [5.41, 5.74) is 2.22. The first-order valence-corrected chi connectivity index (χ1v) is 10.3. The zero-order valence-electron chi connectivity index (χ0n) is 14.5. The maximum Gasteiger partial charge on any atom is 0.283 e. The highest BCUT2D eigenvalue weighted by molar-refractivity contribution is 7.20. The van der Waals surface area contributed by atoms with Crippen LogP contribution in [0.4, 0.5) is 5.13 Å². The van der Waals surface area contributed by atoms with Crippen LogP contribution in [0.15, 0.2) is 47.3 Å². The van der Waals surface area contributed by atoms with E-state index in [-0.39, 0.29) is 11.8 Å². The monoisotopic (exact) mass is 410 g/mol. The van der Waals surface area contributed by atoms with E-state index in [9.17, 15) is 9.59 Å². The van der Waals surface area contributed by atoms with Crippen molar-refractivity contribution in [3.8, 4) is 0 Å². The summed E-state index contributed by atoms with van der Waals surface area (Å²) in [7, 11) is 0. The lowest BCUT2D eigenvalue weighted by Gasteiger charge is -2.25. The highest BCUT2D eigenvalue weighted by Gasteiger charge is 2.27. The molecule has 140 valence electrons. The molecule has 0 unspecified atom stereocenters. The van der Waals surface area contributed by atoms with Crippen LogP contribution >= 0.6 is 22.7 Å². The Morgan fingerprint density at radius 2 is 2.04 bits per heavy atom.